The lowest BCUT2D eigenvalue weighted by Gasteiger charge is -2.12. The topological polar surface area (TPSA) is 181 Å². The number of aryl methyl sites for hydroxylation is 2. The van der Waals surface area contributed by atoms with Gasteiger partial charge in [0.1, 0.15) is 22.0 Å². The molecule has 0 heterocycles. The molecule has 0 saturated heterocycles. The molecule has 0 amide bonds. The van der Waals surface area contributed by atoms with Gasteiger partial charge >= 0.3 is 10.1 Å². The zero-order valence-electron chi connectivity index (χ0n) is 19.9. The van der Waals surface area contributed by atoms with E-state index in [1.54, 1.807) is 19.1 Å². The molecule has 0 fully saturated rings. The standard InChI is InChI=1S/C24H21ClN4O7S2/c1-13-6-9-18(14(2)10-13)29-36-38(34,35)21-5-3-4-19(23(21)25)27-28-24-17(26)8-7-15-11-16(37(31,32)33)12-20(30)22(15)24/h3-12,29-30H,26H2,1-2H3,(H,31,32,33). The molecule has 0 bridgehead atoms. The van der Waals surface area contributed by atoms with E-state index in [0.717, 1.165) is 23.3 Å². The Kier molecular flexibility index (Phi) is 7.32. The molecule has 0 aliphatic rings. The molecule has 0 aromatic heterocycles. The first kappa shape index (κ1) is 27.3. The van der Waals surface area contributed by atoms with E-state index in [2.05, 4.69) is 15.7 Å². The molecule has 0 spiro atoms. The van der Waals surface area contributed by atoms with Gasteiger partial charge in [0.2, 0.25) is 0 Å². The molecule has 0 unspecified atom stereocenters. The summed E-state index contributed by atoms with van der Waals surface area (Å²) in [5, 5.41) is 18.5. The van der Waals surface area contributed by atoms with E-state index in [1.807, 2.05) is 13.0 Å². The summed E-state index contributed by atoms with van der Waals surface area (Å²) in [6.07, 6.45) is 0. The molecule has 5 N–H and O–H groups in total. The Morgan fingerprint density at radius 3 is 2.39 bits per heavy atom. The number of azo groups is 1. The molecule has 198 valence electrons. The second-order valence-electron chi connectivity index (χ2n) is 8.27. The minimum atomic E-state index is -4.58. The quantitative estimate of drug-likeness (QED) is 0.0915. The molecule has 4 aromatic rings. The Morgan fingerprint density at radius 1 is 0.974 bits per heavy atom. The Labute approximate surface area is 223 Å². The highest BCUT2D eigenvalue weighted by molar-refractivity contribution is 7.87. The van der Waals surface area contributed by atoms with Crippen molar-refractivity contribution in [3.63, 3.8) is 0 Å². The van der Waals surface area contributed by atoms with E-state index < -0.39 is 30.9 Å². The fourth-order valence-corrected chi connectivity index (χ4v) is 5.46. The molecule has 0 aliphatic heterocycles. The first-order chi connectivity index (χ1) is 17.8. The Balaban J connectivity index is 1.69. The smallest absolute Gasteiger partial charge is 0.319 e. The highest BCUT2D eigenvalue weighted by Crippen LogP contribution is 2.41. The molecule has 4 aromatic carbocycles. The lowest BCUT2D eigenvalue weighted by Crippen LogP contribution is -2.12. The number of rotatable bonds is 7. The van der Waals surface area contributed by atoms with E-state index in [4.69, 9.17) is 21.6 Å². The van der Waals surface area contributed by atoms with Crippen LogP contribution in [0.5, 0.6) is 5.75 Å². The molecule has 14 heteroatoms. The molecule has 0 atom stereocenters. The third kappa shape index (κ3) is 5.56. The van der Waals surface area contributed by atoms with Gasteiger partial charge in [0.25, 0.3) is 10.1 Å². The first-order valence-electron chi connectivity index (χ1n) is 10.8. The summed E-state index contributed by atoms with van der Waals surface area (Å²) in [5.41, 5.74) is 10.7. The van der Waals surface area contributed by atoms with E-state index in [1.165, 1.54) is 30.3 Å². The normalized spacial score (nSPS) is 12.3. The Bertz CT molecular complexity index is 1830. The van der Waals surface area contributed by atoms with Gasteiger partial charge in [-0.05, 0) is 55.1 Å². The third-order valence-electron chi connectivity index (χ3n) is 5.49. The summed E-state index contributed by atoms with van der Waals surface area (Å²) < 4.78 is 63.0. The number of benzene rings is 4. The number of halogens is 1. The van der Waals surface area contributed by atoms with Gasteiger partial charge in [0.05, 0.1) is 26.7 Å². The number of fused-ring (bicyclic) bond motifs is 1. The first-order valence-corrected chi connectivity index (χ1v) is 14.0. The Hall–Kier alpha value is -3.75. The number of hydrogen-bond acceptors (Lipinski definition) is 10. The van der Waals surface area contributed by atoms with Crippen LogP contribution in [0, 0.1) is 13.8 Å². The van der Waals surface area contributed by atoms with Crippen LogP contribution in [0.1, 0.15) is 11.1 Å². The highest BCUT2D eigenvalue weighted by Gasteiger charge is 2.22. The van der Waals surface area contributed by atoms with Crippen LogP contribution in [0.25, 0.3) is 10.8 Å². The average molecular weight is 577 g/mol. The van der Waals surface area contributed by atoms with Gasteiger partial charge in [-0.2, -0.15) is 16.8 Å². The van der Waals surface area contributed by atoms with Gasteiger partial charge in [0, 0.05) is 6.07 Å². The van der Waals surface area contributed by atoms with Crippen molar-refractivity contribution in [2.45, 2.75) is 23.6 Å². The summed E-state index contributed by atoms with van der Waals surface area (Å²) in [7, 11) is -8.96. The maximum atomic E-state index is 12.9. The van der Waals surface area contributed by atoms with Crippen molar-refractivity contribution in [3.05, 3.63) is 76.8 Å². The fraction of sp³-hybridized carbons (Fsp3) is 0.0833. The van der Waals surface area contributed by atoms with Crippen LogP contribution < -0.4 is 11.2 Å². The van der Waals surface area contributed by atoms with Crippen molar-refractivity contribution in [2.24, 2.45) is 10.2 Å². The van der Waals surface area contributed by atoms with Gasteiger partial charge in [-0.15, -0.1) is 14.5 Å². The zero-order chi connectivity index (χ0) is 27.8. The molecule has 38 heavy (non-hydrogen) atoms. The molecule has 0 saturated carbocycles. The number of nitrogens with two attached hydrogens (primary N) is 1. The second-order valence-corrected chi connectivity index (χ2v) is 11.6. The van der Waals surface area contributed by atoms with Crippen LogP contribution >= 0.6 is 11.6 Å². The number of hydrogen-bond donors (Lipinski definition) is 4. The summed E-state index contributed by atoms with van der Waals surface area (Å²) in [5.74, 6) is -0.523. The van der Waals surface area contributed by atoms with Crippen LogP contribution in [0.15, 0.2) is 80.7 Å². The zero-order valence-corrected chi connectivity index (χ0v) is 22.3. The number of nitrogens with zero attached hydrogens (tertiary/aromatic N) is 2. The lowest BCUT2D eigenvalue weighted by molar-refractivity contribution is 0.390. The van der Waals surface area contributed by atoms with Gasteiger partial charge < -0.3 is 10.8 Å². The van der Waals surface area contributed by atoms with E-state index in [0.29, 0.717) is 5.69 Å². The van der Waals surface area contributed by atoms with Crippen LogP contribution in [-0.2, 0) is 24.5 Å². The van der Waals surface area contributed by atoms with Crippen molar-refractivity contribution in [1.82, 2.24) is 0 Å². The number of nitrogens with one attached hydrogen (secondary N) is 1. The van der Waals surface area contributed by atoms with E-state index in [9.17, 15) is 26.5 Å². The van der Waals surface area contributed by atoms with Crippen molar-refractivity contribution < 1.29 is 30.8 Å². The van der Waals surface area contributed by atoms with Gasteiger partial charge in [-0.1, -0.05) is 41.4 Å². The lowest BCUT2D eigenvalue weighted by atomic mass is 10.1. The summed E-state index contributed by atoms with van der Waals surface area (Å²) in [6.45, 7) is 3.69. The maximum Gasteiger partial charge on any atom is 0.319 e. The van der Waals surface area contributed by atoms with Crippen LogP contribution in [0.3, 0.4) is 0 Å². The number of phenolic OH excluding ortho intramolecular Hbond substituents is 1. The fourth-order valence-electron chi connectivity index (χ4n) is 3.62. The van der Waals surface area contributed by atoms with Gasteiger partial charge in [-0.3, -0.25) is 4.55 Å². The SMILES string of the molecule is Cc1ccc(NOS(=O)(=O)c2cccc(N=Nc3c(N)ccc4cc(S(=O)(=O)O)cc(O)c34)c2Cl)c(C)c1. The van der Waals surface area contributed by atoms with Gasteiger partial charge in [-0.25, -0.2) is 5.48 Å². The minimum Gasteiger partial charge on any atom is -0.507 e. The van der Waals surface area contributed by atoms with E-state index in [-0.39, 0.29) is 37.8 Å². The summed E-state index contributed by atoms with van der Waals surface area (Å²) >= 11 is 6.34. The predicted molar refractivity (Wildman–Crippen MR) is 143 cm³/mol. The van der Waals surface area contributed by atoms with Crippen LogP contribution in [-0.4, -0.2) is 26.5 Å². The molecule has 11 nitrogen and oxygen atoms in total. The molecular formula is C24H21ClN4O7S2. The number of phenols is 1. The second kappa shape index (κ2) is 10.2. The Morgan fingerprint density at radius 2 is 1.71 bits per heavy atom. The molecular weight excluding hydrogens is 556 g/mol. The highest BCUT2D eigenvalue weighted by atomic mass is 35.5. The summed E-state index contributed by atoms with van der Waals surface area (Å²) in [6, 6.07) is 14.1. The van der Waals surface area contributed by atoms with Crippen molar-refractivity contribution in [2.75, 3.05) is 11.2 Å². The third-order valence-corrected chi connectivity index (χ3v) is 8.01. The summed E-state index contributed by atoms with van der Waals surface area (Å²) in [4.78, 5) is -0.898. The monoisotopic (exact) mass is 576 g/mol. The van der Waals surface area contributed by atoms with Crippen LogP contribution in [0.4, 0.5) is 22.7 Å². The maximum absolute atomic E-state index is 12.9. The van der Waals surface area contributed by atoms with Gasteiger partial charge in [0.15, 0.2) is 0 Å². The van der Waals surface area contributed by atoms with Crippen molar-refractivity contribution in [3.8, 4) is 5.75 Å². The largest absolute Gasteiger partial charge is 0.507 e. The average Bonchev–Trinajstić information content (AvgIpc) is 2.83. The van der Waals surface area contributed by atoms with Crippen LogP contribution in [0.2, 0.25) is 5.02 Å². The number of nitrogen functional groups attached to an aromatic ring is 1. The molecule has 0 aliphatic carbocycles. The molecule has 4 rings (SSSR count). The predicted octanol–water partition coefficient (Wildman–Crippen LogP) is 5.79. The van der Waals surface area contributed by atoms with Crippen molar-refractivity contribution in [1.29, 1.82) is 0 Å². The van der Waals surface area contributed by atoms with E-state index >= 15 is 0 Å². The number of anilines is 2. The molecule has 0 radical (unpaired) electrons. The van der Waals surface area contributed by atoms with Crippen molar-refractivity contribution >= 4 is 65.4 Å². The minimum absolute atomic E-state index is 0.0287. The number of aromatic hydroxyl groups is 1.